The number of nitrogens with one attached hydrogen (secondary N) is 1. The van der Waals surface area contributed by atoms with Gasteiger partial charge in [-0.15, -0.1) is 0 Å². The van der Waals surface area contributed by atoms with Gasteiger partial charge in [0.2, 0.25) is 0 Å². The first-order valence-corrected chi connectivity index (χ1v) is 6.83. The van der Waals surface area contributed by atoms with Crippen LogP contribution in [0, 0.1) is 0 Å². The fraction of sp³-hybridized carbons (Fsp3) is 0.0714. The molecule has 7 heteroatoms. The van der Waals surface area contributed by atoms with Crippen LogP contribution in [0.25, 0.3) is 0 Å². The van der Waals surface area contributed by atoms with Crippen molar-refractivity contribution in [3.05, 3.63) is 57.8 Å². The fourth-order valence-corrected chi connectivity index (χ4v) is 2.39. The summed E-state index contributed by atoms with van der Waals surface area (Å²) in [7, 11) is 0. The largest absolute Gasteiger partial charge is 0.439 e. The van der Waals surface area contributed by atoms with Crippen LogP contribution in [0.5, 0.6) is 0 Å². The molecule has 0 atom stereocenters. The van der Waals surface area contributed by atoms with Crippen LogP contribution in [-0.4, -0.2) is 34.4 Å². The smallest absolute Gasteiger partial charge is 0.356 e. The lowest BCUT2D eigenvalue weighted by molar-refractivity contribution is 0.0224. The van der Waals surface area contributed by atoms with Gasteiger partial charge >= 0.3 is 5.97 Å². The number of aromatic amines is 1. The zero-order valence-electron chi connectivity index (χ0n) is 10.6. The molecule has 0 radical (unpaired) electrons. The monoisotopic (exact) mass is 348 g/mol. The molecule has 3 rings (SSSR count). The van der Waals surface area contributed by atoms with Gasteiger partial charge in [-0.1, -0.05) is 12.1 Å². The van der Waals surface area contributed by atoms with Crippen molar-refractivity contribution in [1.82, 2.24) is 9.88 Å². The number of amides is 2. The number of esters is 1. The number of carbonyl (C=O) groups excluding carboxylic acids is 3. The first-order chi connectivity index (χ1) is 10.1. The molecule has 1 aromatic heterocycles. The number of H-pyrrole nitrogens is 1. The summed E-state index contributed by atoms with van der Waals surface area (Å²) in [5.41, 5.74) is 0.876. The van der Waals surface area contributed by atoms with Crippen LogP contribution in [0.15, 0.2) is 41.0 Å². The van der Waals surface area contributed by atoms with E-state index in [0.29, 0.717) is 15.6 Å². The Morgan fingerprint density at radius 3 is 2.33 bits per heavy atom. The molecule has 0 saturated heterocycles. The number of rotatable bonds is 3. The molecule has 0 spiro atoms. The molecule has 0 saturated carbocycles. The second-order valence-corrected chi connectivity index (χ2v) is 5.29. The number of benzene rings is 1. The van der Waals surface area contributed by atoms with E-state index < -0.39 is 24.5 Å². The lowest BCUT2D eigenvalue weighted by Crippen LogP contribution is -2.33. The van der Waals surface area contributed by atoms with E-state index in [1.807, 2.05) is 0 Å². The molecule has 2 heterocycles. The first-order valence-electron chi connectivity index (χ1n) is 6.04. The molecule has 21 heavy (non-hydrogen) atoms. The summed E-state index contributed by atoms with van der Waals surface area (Å²) < 4.78 is 5.69. The molecule has 1 N–H and O–H groups in total. The van der Waals surface area contributed by atoms with Crippen molar-refractivity contribution in [2.24, 2.45) is 0 Å². The predicted molar refractivity (Wildman–Crippen MR) is 75.7 cm³/mol. The van der Waals surface area contributed by atoms with Crippen molar-refractivity contribution in [2.45, 2.75) is 0 Å². The third kappa shape index (κ3) is 2.36. The van der Waals surface area contributed by atoms with Crippen molar-refractivity contribution < 1.29 is 19.1 Å². The SMILES string of the molecule is O=C(OCN1C(=O)c2ccccc2C1=O)c1cc(Br)c[nH]1. The van der Waals surface area contributed by atoms with Crippen LogP contribution in [0.2, 0.25) is 0 Å². The molecule has 1 aromatic carbocycles. The van der Waals surface area contributed by atoms with Gasteiger partial charge in [0.05, 0.1) is 11.1 Å². The number of aromatic nitrogens is 1. The van der Waals surface area contributed by atoms with Gasteiger partial charge in [0.25, 0.3) is 11.8 Å². The lowest BCUT2D eigenvalue weighted by atomic mass is 10.1. The molecule has 0 fully saturated rings. The van der Waals surface area contributed by atoms with Gasteiger partial charge < -0.3 is 9.72 Å². The Labute approximate surface area is 127 Å². The van der Waals surface area contributed by atoms with Crippen molar-refractivity contribution in [3.8, 4) is 0 Å². The number of hydrogen-bond acceptors (Lipinski definition) is 4. The molecular formula is C14H9BrN2O4. The minimum absolute atomic E-state index is 0.235. The van der Waals surface area contributed by atoms with Crippen LogP contribution >= 0.6 is 15.9 Å². The number of hydrogen-bond donors (Lipinski definition) is 1. The predicted octanol–water partition coefficient (Wildman–Crippen LogP) is 2.19. The highest BCUT2D eigenvalue weighted by Gasteiger charge is 2.35. The highest BCUT2D eigenvalue weighted by atomic mass is 79.9. The zero-order valence-corrected chi connectivity index (χ0v) is 12.2. The second-order valence-electron chi connectivity index (χ2n) is 4.38. The molecule has 2 amide bonds. The Kier molecular flexibility index (Phi) is 3.34. The van der Waals surface area contributed by atoms with Gasteiger partial charge in [-0.3, -0.25) is 9.59 Å². The molecular weight excluding hydrogens is 340 g/mol. The highest BCUT2D eigenvalue weighted by Crippen LogP contribution is 2.22. The van der Waals surface area contributed by atoms with E-state index in [2.05, 4.69) is 20.9 Å². The average Bonchev–Trinajstić information content (AvgIpc) is 3.02. The van der Waals surface area contributed by atoms with Gasteiger partial charge in [0.1, 0.15) is 5.69 Å². The lowest BCUT2D eigenvalue weighted by Gasteiger charge is -2.13. The van der Waals surface area contributed by atoms with E-state index in [1.54, 1.807) is 36.5 Å². The van der Waals surface area contributed by atoms with Crippen molar-refractivity contribution >= 4 is 33.7 Å². The van der Waals surface area contributed by atoms with E-state index in [9.17, 15) is 14.4 Å². The maximum Gasteiger partial charge on any atom is 0.356 e. The minimum atomic E-state index is -0.641. The Hall–Kier alpha value is -2.41. The number of halogens is 1. The number of imide groups is 1. The molecule has 0 aliphatic carbocycles. The third-order valence-corrected chi connectivity index (χ3v) is 3.53. The second kappa shape index (κ2) is 5.17. The highest BCUT2D eigenvalue weighted by molar-refractivity contribution is 9.10. The van der Waals surface area contributed by atoms with Gasteiger partial charge in [-0.05, 0) is 34.1 Å². The molecule has 1 aliphatic rings. The van der Waals surface area contributed by atoms with E-state index in [1.165, 1.54) is 0 Å². The van der Waals surface area contributed by atoms with Crippen LogP contribution in [0.3, 0.4) is 0 Å². The van der Waals surface area contributed by atoms with E-state index in [-0.39, 0.29) is 5.69 Å². The standard InChI is InChI=1S/C14H9BrN2O4/c15-8-5-11(16-6-8)14(20)21-7-17-12(18)9-3-1-2-4-10(9)13(17)19/h1-6,16H,7H2. The fourth-order valence-electron chi connectivity index (χ4n) is 2.04. The first kappa shape index (κ1) is 13.6. The molecule has 2 aromatic rings. The summed E-state index contributed by atoms with van der Waals surface area (Å²) in [6.07, 6.45) is 1.58. The topological polar surface area (TPSA) is 79.5 Å². The van der Waals surface area contributed by atoms with Crippen molar-refractivity contribution in [2.75, 3.05) is 6.73 Å². The van der Waals surface area contributed by atoms with Gasteiger partial charge in [0.15, 0.2) is 6.73 Å². The van der Waals surface area contributed by atoms with Crippen molar-refractivity contribution in [1.29, 1.82) is 0 Å². The number of ether oxygens (including phenoxy) is 1. The Morgan fingerprint density at radius 2 is 1.81 bits per heavy atom. The van der Waals surface area contributed by atoms with E-state index in [0.717, 1.165) is 4.90 Å². The van der Waals surface area contributed by atoms with Crippen LogP contribution in [0.1, 0.15) is 31.2 Å². The minimum Gasteiger partial charge on any atom is -0.439 e. The molecule has 106 valence electrons. The summed E-state index contributed by atoms with van der Waals surface area (Å²) in [5, 5.41) is 0. The molecule has 0 unspecified atom stereocenters. The maximum atomic E-state index is 12.1. The molecule has 0 bridgehead atoms. The summed E-state index contributed by atoms with van der Waals surface area (Å²) in [5.74, 6) is -1.57. The van der Waals surface area contributed by atoms with Crippen LogP contribution in [0.4, 0.5) is 0 Å². The Bertz CT molecular complexity index is 718. The maximum absolute atomic E-state index is 12.1. The summed E-state index contributed by atoms with van der Waals surface area (Å²) in [6.45, 7) is -0.415. The normalized spacial score (nSPS) is 13.5. The molecule has 6 nitrogen and oxygen atoms in total. The summed E-state index contributed by atoms with van der Waals surface area (Å²) in [6, 6.07) is 8.04. The van der Waals surface area contributed by atoms with E-state index in [4.69, 9.17) is 4.74 Å². The quantitative estimate of drug-likeness (QED) is 0.681. The Balaban J connectivity index is 1.71. The number of fused-ring (bicyclic) bond motifs is 1. The van der Waals surface area contributed by atoms with Crippen molar-refractivity contribution in [3.63, 3.8) is 0 Å². The summed E-state index contributed by atoms with van der Waals surface area (Å²) >= 11 is 3.20. The number of carbonyl (C=O) groups is 3. The zero-order chi connectivity index (χ0) is 15.0. The van der Waals surface area contributed by atoms with Gasteiger partial charge in [-0.2, -0.15) is 0 Å². The van der Waals surface area contributed by atoms with Gasteiger partial charge in [0, 0.05) is 10.7 Å². The number of nitrogens with zero attached hydrogens (tertiary/aromatic N) is 1. The van der Waals surface area contributed by atoms with Gasteiger partial charge in [-0.25, -0.2) is 9.69 Å². The van der Waals surface area contributed by atoms with Crippen LogP contribution in [-0.2, 0) is 4.74 Å². The molecule has 1 aliphatic heterocycles. The third-order valence-electron chi connectivity index (χ3n) is 3.07. The van der Waals surface area contributed by atoms with Crippen LogP contribution < -0.4 is 0 Å². The summed E-state index contributed by atoms with van der Waals surface area (Å²) in [4.78, 5) is 39.5. The van der Waals surface area contributed by atoms with E-state index >= 15 is 0 Å². The average molecular weight is 349 g/mol. The Morgan fingerprint density at radius 1 is 1.19 bits per heavy atom.